The smallest absolute Gasteiger partial charge is 0.0787 e. The maximum absolute atomic E-state index is 9.33. The van der Waals surface area contributed by atoms with Crippen molar-refractivity contribution in [2.24, 2.45) is 0 Å². The summed E-state index contributed by atoms with van der Waals surface area (Å²) in [5, 5.41) is 9.33. The summed E-state index contributed by atoms with van der Waals surface area (Å²) in [6.07, 6.45) is 0.491. The van der Waals surface area contributed by atoms with Gasteiger partial charge in [-0.25, -0.2) is 0 Å². The van der Waals surface area contributed by atoms with Crippen LogP contribution in [0.15, 0.2) is 30.3 Å². The molecule has 1 aromatic rings. The molecule has 1 rings (SSSR count). The van der Waals surface area contributed by atoms with E-state index in [1.165, 1.54) is 0 Å². The molecule has 1 N–H and O–H groups in total. The second-order valence-corrected chi connectivity index (χ2v) is 2.33. The van der Waals surface area contributed by atoms with E-state index in [1.807, 2.05) is 37.3 Å². The molecule has 2 heteroatoms. The van der Waals surface area contributed by atoms with Gasteiger partial charge >= 0.3 is 0 Å². The monoisotopic (exact) mass is 199 g/mol. The van der Waals surface area contributed by atoms with Crippen LogP contribution < -0.4 is 0 Å². The Bertz CT molecular complexity index is 186. The van der Waals surface area contributed by atoms with E-state index in [1.54, 1.807) is 0 Å². The van der Waals surface area contributed by atoms with Gasteiger partial charge in [0.2, 0.25) is 0 Å². The number of rotatable bonds is 2. The second-order valence-electron chi connectivity index (χ2n) is 2.33. The molecule has 1 nitrogen and oxygen atoms in total. The van der Waals surface area contributed by atoms with Gasteiger partial charge in [0.25, 0.3) is 0 Å². The summed E-state index contributed by atoms with van der Waals surface area (Å²) in [6, 6.07) is 9.70. The zero-order chi connectivity index (χ0) is 7.40. The fourth-order valence-corrected chi connectivity index (χ4v) is 0.911. The van der Waals surface area contributed by atoms with Gasteiger partial charge in [0.1, 0.15) is 0 Å². The van der Waals surface area contributed by atoms with Crippen LogP contribution in [-0.4, -0.2) is 5.11 Å². The predicted octanol–water partition coefficient (Wildman–Crippen LogP) is 2.13. The fraction of sp³-hybridized carbons (Fsp3) is 0.333. The molecule has 1 atom stereocenters. The molecule has 0 bridgehead atoms. The first-order valence-corrected chi connectivity index (χ1v) is 3.57. The zero-order valence-electron chi connectivity index (χ0n) is 6.42. The third-order valence-corrected chi connectivity index (χ3v) is 1.57. The maximum Gasteiger partial charge on any atom is 0.0787 e. The zero-order valence-corrected chi connectivity index (χ0v) is 7.36. The molecule has 0 saturated heterocycles. The van der Waals surface area contributed by atoms with Gasteiger partial charge < -0.3 is 5.11 Å². The number of benzene rings is 1. The Labute approximate surface area is 77.9 Å². The molecular formula is C9H12CuO. The van der Waals surface area contributed by atoms with Crippen molar-refractivity contribution in [2.45, 2.75) is 19.4 Å². The van der Waals surface area contributed by atoms with E-state index < -0.39 is 0 Å². The SMILES string of the molecule is CCC(O)c1ccccc1.[Cu]. The van der Waals surface area contributed by atoms with Crippen LogP contribution in [0.3, 0.4) is 0 Å². The summed E-state index contributed by atoms with van der Waals surface area (Å²) in [6.45, 7) is 1.97. The van der Waals surface area contributed by atoms with Crippen molar-refractivity contribution in [1.29, 1.82) is 0 Å². The van der Waals surface area contributed by atoms with Crippen LogP contribution in [0.4, 0.5) is 0 Å². The van der Waals surface area contributed by atoms with Crippen LogP contribution >= 0.6 is 0 Å². The van der Waals surface area contributed by atoms with E-state index in [-0.39, 0.29) is 23.2 Å². The van der Waals surface area contributed by atoms with Gasteiger partial charge in [-0.1, -0.05) is 37.3 Å². The summed E-state index contributed by atoms with van der Waals surface area (Å²) in [5.74, 6) is 0. The first kappa shape index (κ1) is 10.7. The van der Waals surface area contributed by atoms with Crippen LogP contribution in [0.1, 0.15) is 25.0 Å². The minimum Gasteiger partial charge on any atom is -0.388 e. The molecule has 0 spiro atoms. The molecule has 0 heterocycles. The summed E-state index contributed by atoms with van der Waals surface area (Å²) in [7, 11) is 0. The Morgan fingerprint density at radius 1 is 1.27 bits per heavy atom. The molecule has 0 aliphatic carbocycles. The molecule has 0 aliphatic heterocycles. The van der Waals surface area contributed by atoms with Crippen molar-refractivity contribution >= 4 is 0 Å². The Balaban J connectivity index is 0.000001000. The molecule has 11 heavy (non-hydrogen) atoms. The molecule has 1 radical (unpaired) electrons. The largest absolute Gasteiger partial charge is 0.388 e. The second kappa shape index (κ2) is 5.36. The molecule has 1 unspecified atom stereocenters. The van der Waals surface area contributed by atoms with Crippen molar-refractivity contribution in [3.05, 3.63) is 35.9 Å². The molecule has 1 aromatic carbocycles. The van der Waals surface area contributed by atoms with Crippen LogP contribution in [0.2, 0.25) is 0 Å². The average molecular weight is 200 g/mol. The van der Waals surface area contributed by atoms with E-state index in [9.17, 15) is 5.11 Å². The van der Waals surface area contributed by atoms with Crippen molar-refractivity contribution in [3.63, 3.8) is 0 Å². The molecular weight excluding hydrogens is 188 g/mol. The van der Waals surface area contributed by atoms with E-state index in [0.29, 0.717) is 0 Å². The number of aliphatic hydroxyl groups excluding tert-OH is 1. The first-order chi connectivity index (χ1) is 4.84. The van der Waals surface area contributed by atoms with Gasteiger partial charge in [-0.3, -0.25) is 0 Å². The Hall–Kier alpha value is -0.301. The molecule has 65 valence electrons. The molecule has 0 aromatic heterocycles. The Morgan fingerprint density at radius 2 is 1.82 bits per heavy atom. The average Bonchev–Trinajstić information content (AvgIpc) is 2.05. The summed E-state index contributed by atoms with van der Waals surface area (Å²) < 4.78 is 0. The summed E-state index contributed by atoms with van der Waals surface area (Å²) in [5.41, 5.74) is 1.00. The van der Waals surface area contributed by atoms with E-state index in [0.717, 1.165) is 12.0 Å². The van der Waals surface area contributed by atoms with Crippen molar-refractivity contribution in [3.8, 4) is 0 Å². The van der Waals surface area contributed by atoms with Crippen LogP contribution in [-0.2, 0) is 17.1 Å². The predicted molar refractivity (Wildman–Crippen MR) is 41.7 cm³/mol. The van der Waals surface area contributed by atoms with E-state index >= 15 is 0 Å². The fourth-order valence-electron chi connectivity index (χ4n) is 0.911. The number of hydrogen-bond donors (Lipinski definition) is 1. The van der Waals surface area contributed by atoms with Gasteiger partial charge in [0, 0.05) is 17.1 Å². The van der Waals surface area contributed by atoms with Gasteiger partial charge in [0.15, 0.2) is 0 Å². The minimum atomic E-state index is -0.291. The maximum atomic E-state index is 9.33. The van der Waals surface area contributed by atoms with E-state index in [2.05, 4.69) is 0 Å². The van der Waals surface area contributed by atoms with Crippen molar-refractivity contribution < 1.29 is 22.2 Å². The first-order valence-electron chi connectivity index (χ1n) is 3.57. The van der Waals surface area contributed by atoms with Gasteiger partial charge in [-0.2, -0.15) is 0 Å². The molecule has 0 aliphatic rings. The summed E-state index contributed by atoms with van der Waals surface area (Å²) in [4.78, 5) is 0. The molecule has 0 saturated carbocycles. The van der Waals surface area contributed by atoms with Gasteiger partial charge in [-0.05, 0) is 12.0 Å². The number of aliphatic hydroxyl groups is 1. The Morgan fingerprint density at radius 3 is 2.27 bits per heavy atom. The van der Waals surface area contributed by atoms with Gasteiger partial charge in [0.05, 0.1) is 6.10 Å². The van der Waals surface area contributed by atoms with Crippen LogP contribution in [0, 0.1) is 0 Å². The van der Waals surface area contributed by atoms with Crippen molar-refractivity contribution in [1.82, 2.24) is 0 Å². The van der Waals surface area contributed by atoms with Crippen LogP contribution in [0.25, 0.3) is 0 Å². The standard InChI is InChI=1S/C9H12O.Cu/c1-2-9(10)8-6-4-3-5-7-8;/h3-7,9-10H,2H2,1H3;. The van der Waals surface area contributed by atoms with Gasteiger partial charge in [-0.15, -0.1) is 0 Å². The minimum absolute atomic E-state index is 0. The normalized spacial score (nSPS) is 11.8. The topological polar surface area (TPSA) is 20.2 Å². The third-order valence-electron chi connectivity index (χ3n) is 1.57. The quantitative estimate of drug-likeness (QED) is 0.724. The molecule has 0 fully saturated rings. The molecule has 0 amide bonds. The Kier molecular flexibility index (Phi) is 5.22. The number of hydrogen-bond acceptors (Lipinski definition) is 1. The van der Waals surface area contributed by atoms with Crippen LogP contribution in [0.5, 0.6) is 0 Å². The summed E-state index contributed by atoms with van der Waals surface area (Å²) >= 11 is 0. The third kappa shape index (κ3) is 3.06. The van der Waals surface area contributed by atoms with Crippen molar-refractivity contribution in [2.75, 3.05) is 0 Å². The van der Waals surface area contributed by atoms with E-state index in [4.69, 9.17) is 0 Å².